The van der Waals surface area contributed by atoms with Gasteiger partial charge in [0, 0.05) is 18.0 Å². The molecular weight excluding hydrogens is 416 g/mol. The SMILES string of the molecule is Cc1ccc(S(=O)(=O)N[C@H](CCSc2nnc3ccccn23)c2ccccc2)cc1. The van der Waals surface area contributed by atoms with Crippen LogP contribution in [0.5, 0.6) is 0 Å². The van der Waals surface area contributed by atoms with Gasteiger partial charge in [0.2, 0.25) is 10.0 Å². The van der Waals surface area contributed by atoms with Crippen molar-refractivity contribution in [2.45, 2.75) is 29.4 Å². The predicted molar refractivity (Wildman–Crippen MR) is 119 cm³/mol. The average molecular weight is 439 g/mol. The molecule has 0 aliphatic heterocycles. The zero-order chi connectivity index (χ0) is 21.0. The molecule has 8 heteroatoms. The smallest absolute Gasteiger partial charge is 0.241 e. The molecule has 0 amide bonds. The van der Waals surface area contributed by atoms with Crippen LogP contribution in [0.2, 0.25) is 0 Å². The van der Waals surface area contributed by atoms with E-state index in [1.165, 1.54) is 0 Å². The maximum Gasteiger partial charge on any atom is 0.241 e. The van der Waals surface area contributed by atoms with Gasteiger partial charge in [0.1, 0.15) is 0 Å². The van der Waals surface area contributed by atoms with Gasteiger partial charge in [-0.1, -0.05) is 65.9 Å². The Kier molecular flexibility index (Phi) is 6.17. The van der Waals surface area contributed by atoms with Crippen molar-refractivity contribution in [3.63, 3.8) is 0 Å². The zero-order valence-corrected chi connectivity index (χ0v) is 18.1. The molecule has 0 fully saturated rings. The van der Waals surface area contributed by atoms with Gasteiger partial charge in [0.25, 0.3) is 0 Å². The number of hydrogen-bond acceptors (Lipinski definition) is 5. The largest absolute Gasteiger partial charge is 0.277 e. The normalized spacial score (nSPS) is 12.8. The summed E-state index contributed by atoms with van der Waals surface area (Å²) < 4.78 is 30.7. The van der Waals surface area contributed by atoms with E-state index in [2.05, 4.69) is 14.9 Å². The second kappa shape index (κ2) is 8.99. The lowest BCUT2D eigenvalue weighted by Gasteiger charge is -2.19. The van der Waals surface area contributed by atoms with Crippen molar-refractivity contribution in [2.75, 3.05) is 5.75 Å². The number of nitrogens with one attached hydrogen (secondary N) is 1. The van der Waals surface area contributed by atoms with E-state index in [0.717, 1.165) is 21.9 Å². The Morgan fingerprint density at radius 1 is 0.967 bits per heavy atom. The third kappa shape index (κ3) is 4.72. The average Bonchev–Trinajstić information content (AvgIpc) is 3.17. The first-order chi connectivity index (χ1) is 14.5. The lowest BCUT2D eigenvalue weighted by molar-refractivity contribution is 0.551. The number of aromatic nitrogens is 3. The summed E-state index contributed by atoms with van der Waals surface area (Å²) in [6, 6.07) is 21.9. The van der Waals surface area contributed by atoms with Crippen LogP contribution in [-0.2, 0) is 10.0 Å². The summed E-state index contributed by atoms with van der Waals surface area (Å²) in [5, 5.41) is 9.18. The van der Waals surface area contributed by atoms with Gasteiger partial charge in [-0.3, -0.25) is 4.40 Å². The molecule has 2 heterocycles. The molecule has 0 aliphatic carbocycles. The topological polar surface area (TPSA) is 76.4 Å². The molecule has 154 valence electrons. The van der Waals surface area contributed by atoms with Gasteiger partial charge < -0.3 is 0 Å². The molecule has 0 radical (unpaired) electrons. The molecular formula is C22H22N4O2S2. The van der Waals surface area contributed by atoms with E-state index in [-0.39, 0.29) is 10.9 Å². The van der Waals surface area contributed by atoms with Gasteiger partial charge in [-0.2, -0.15) is 0 Å². The third-order valence-corrected chi connectivity index (χ3v) is 7.21. The van der Waals surface area contributed by atoms with Gasteiger partial charge in [0.05, 0.1) is 4.90 Å². The van der Waals surface area contributed by atoms with Crippen molar-refractivity contribution in [3.8, 4) is 0 Å². The molecule has 0 saturated heterocycles. The molecule has 0 spiro atoms. The fraction of sp³-hybridized carbons (Fsp3) is 0.182. The Labute approximate surface area is 180 Å². The zero-order valence-electron chi connectivity index (χ0n) is 16.5. The fourth-order valence-corrected chi connectivity index (χ4v) is 5.32. The van der Waals surface area contributed by atoms with Crippen LogP contribution in [0.25, 0.3) is 5.65 Å². The van der Waals surface area contributed by atoms with Crippen LogP contribution >= 0.6 is 11.8 Å². The van der Waals surface area contributed by atoms with E-state index < -0.39 is 10.0 Å². The highest BCUT2D eigenvalue weighted by molar-refractivity contribution is 7.99. The highest BCUT2D eigenvalue weighted by atomic mass is 32.2. The van der Waals surface area contributed by atoms with E-state index in [9.17, 15) is 8.42 Å². The molecule has 0 bridgehead atoms. The first-order valence-electron chi connectivity index (χ1n) is 9.59. The van der Waals surface area contributed by atoms with Crippen LogP contribution < -0.4 is 4.72 Å². The molecule has 4 aromatic rings. The number of rotatable bonds is 8. The molecule has 0 saturated carbocycles. The Balaban J connectivity index is 1.51. The monoisotopic (exact) mass is 438 g/mol. The van der Waals surface area contributed by atoms with Crippen LogP contribution in [-0.4, -0.2) is 28.8 Å². The summed E-state index contributed by atoms with van der Waals surface area (Å²) in [5.74, 6) is 0.686. The summed E-state index contributed by atoms with van der Waals surface area (Å²) in [6.07, 6.45) is 2.54. The third-order valence-electron chi connectivity index (χ3n) is 4.75. The van der Waals surface area contributed by atoms with Gasteiger partial charge in [-0.25, -0.2) is 13.1 Å². The van der Waals surface area contributed by atoms with Crippen molar-refractivity contribution < 1.29 is 8.42 Å². The van der Waals surface area contributed by atoms with Crippen LogP contribution in [0.4, 0.5) is 0 Å². The van der Waals surface area contributed by atoms with Gasteiger partial charge in [0.15, 0.2) is 10.8 Å². The maximum absolute atomic E-state index is 12.9. The molecule has 30 heavy (non-hydrogen) atoms. The van der Waals surface area contributed by atoms with Gasteiger partial charge >= 0.3 is 0 Å². The second-order valence-corrected chi connectivity index (χ2v) is 9.72. The van der Waals surface area contributed by atoms with Gasteiger partial charge in [-0.05, 0) is 43.2 Å². The Bertz CT molecular complexity index is 1220. The number of fused-ring (bicyclic) bond motifs is 1. The highest BCUT2D eigenvalue weighted by Crippen LogP contribution is 2.25. The Morgan fingerprint density at radius 2 is 1.70 bits per heavy atom. The van der Waals surface area contributed by atoms with Crippen LogP contribution in [0, 0.1) is 6.92 Å². The van der Waals surface area contributed by atoms with E-state index in [0.29, 0.717) is 12.2 Å². The minimum absolute atomic E-state index is 0.269. The van der Waals surface area contributed by atoms with E-state index >= 15 is 0 Å². The van der Waals surface area contributed by atoms with E-state index in [1.807, 2.05) is 66.1 Å². The minimum Gasteiger partial charge on any atom is -0.277 e. The number of benzene rings is 2. The van der Waals surface area contributed by atoms with E-state index in [1.54, 1.807) is 36.0 Å². The maximum atomic E-state index is 12.9. The van der Waals surface area contributed by atoms with Crippen molar-refractivity contribution in [1.82, 2.24) is 19.3 Å². The number of hydrogen-bond donors (Lipinski definition) is 1. The highest BCUT2D eigenvalue weighted by Gasteiger charge is 2.21. The molecule has 2 aromatic heterocycles. The second-order valence-electron chi connectivity index (χ2n) is 6.95. The lowest BCUT2D eigenvalue weighted by Crippen LogP contribution is -2.29. The first-order valence-corrected chi connectivity index (χ1v) is 12.1. The number of sulfonamides is 1. The summed E-state index contributed by atoms with van der Waals surface area (Å²) in [6.45, 7) is 1.93. The number of pyridine rings is 1. The molecule has 0 aliphatic rings. The summed E-state index contributed by atoms with van der Waals surface area (Å²) >= 11 is 1.56. The van der Waals surface area contributed by atoms with Gasteiger partial charge in [-0.15, -0.1) is 10.2 Å². The minimum atomic E-state index is -3.64. The molecule has 2 aromatic carbocycles. The molecule has 4 rings (SSSR count). The van der Waals surface area contributed by atoms with Crippen molar-refractivity contribution in [3.05, 3.63) is 90.1 Å². The Hall–Kier alpha value is -2.68. The Morgan fingerprint density at radius 3 is 2.47 bits per heavy atom. The lowest BCUT2D eigenvalue weighted by atomic mass is 10.1. The molecule has 6 nitrogen and oxygen atoms in total. The fourth-order valence-electron chi connectivity index (χ4n) is 3.14. The molecule has 1 atom stereocenters. The number of thioether (sulfide) groups is 1. The van der Waals surface area contributed by atoms with Crippen LogP contribution in [0.15, 0.2) is 89.0 Å². The summed E-state index contributed by atoms with van der Waals surface area (Å²) in [7, 11) is -3.64. The summed E-state index contributed by atoms with van der Waals surface area (Å²) in [5.41, 5.74) is 2.74. The number of nitrogens with zero attached hydrogens (tertiary/aromatic N) is 3. The van der Waals surface area contributed by atoms with Crippen molar-refractivity contribution in [1.29, 1.82) is 0 Å². The van der Waals surface area contributed by atoms with Crippen LogP contribution in [0.3, 0.4) is 0 Å². The first kappa shape index (κ1) is 20.6. The standard InChI is InChI=1S/C22H22N4O2S2/c1-17-10-12-19(13-11-17)30(27,28)25-20(18-7-3-2-4-8-18)14-16-29-22-24-23-21-9-5-6-15-26(21)22/h2-13,15,20,25H,14,16H2,1H3/t20-/m1/s1. The summed E-state index contributed by atoms with van der Waals surface area (Å²) in [4.78, 5) is 0.269. The van der Waals surface area contributed by atoms with Crippen LogP contribution in [0.1, 0.15) is 23.6 Å². The van der Waals surface area contributed by atoms with Crippen molar-refractivity contribution >= 4 is 27.4 Å². The number of aryl methyl sites for hydroxylation is 1. The quantitative estimate of drug-likeness (QED) is 0.417. The molecule has 0 unspecified atom stereocenters. The predicted octanol–water partition coefficient (Wildman–Crippen LogP) is 4.24. The molecule has 1 N–H and O–H groups in total. The van der Waals surface area contributed by atoms with Crippen molar-refractivity contribution in [2.24, 2.45) is 0 Å². The van der Waals surface area contributed by atoms with E-state index in [4.69, 9.17) is 0 Å².